The minimum Gasteiger partial charge on any atom is -0.444 e. The van der Waals surface area contributed by atoms with Crippen LogP contribution in [0.25, 0.3) is 0 Å². The molecule has 0 saturated carbocycles. The molecule has 0 spiro atoms. The number of hydrogen-bond acceptors (Lipinski definition) is 3. The van der Waals surface area contributed by atoms with E-state index < -0.39 is 5.60 Å². The van der Waals surface area contributed by atoms with E-state index in [4.69, 9.17) is 4.74 Å². The van der Waals surface area contributed by atoms with E-state index in [-0.39, 0.29) is 6.09 Å². The van der Waals surface area contributed by atoms with Crippen molar-refractivity contribution in [3.8, 4) is 0 Å². The van der Waals surface area contributed by atoms with Crippen LogP contribution in [0.3, 0.4) is 0 Å². The molecule has 1 unspecified atom stereocenters. The average molecular weight is 256 g/mol. The minimum atomic E-state index is -0.423. The molecule has 4 nitrogen and oxygen atoms in total. The van der Waals surface area contributed by atoms with Gasteiger partial charge in [-0.1, -0.05) is 6.92 Å². The lowest BCUT2D eigenvalue weighted by Crippen LogP contribution is -2.46. The van der Waals surface area contributed by atoms with E-state index >= 15 is 0 Å². The van der Waals surface area contributed by atoms with Gasteiger partial charge in [0.25, 0.3) is 0 Å². The lowest BCUT2D eigenvalue weighted by molar-refractivity contribution is 0.0502. The van der Waals surface area contributed by atoms with E-state index in [0.717, 1.165) is 19.0 Å². The van der Waals surface area contributed by atoms with Gasteiger partial charge in [-0.25, -0.2) is 4.79 Å². The van der Waals surface area contributed by atoms with Crippen molar-refractivity contribution in [3.63, 3.8) is 0 Å². The molecule has 18 heavy (non-hydrogen) atoms. The summed E-state index contributed by atoms with van der Waals surface area (Å²) >= 11 is 0. The number of nitrogens with one attached hydrogen (secondary N) is 1. The Bertz CT molecular complexity index is 265. The van der Waals surface area contributed by atoms with Crippen LogP contribution in [0.5, 0.6) is 0 Å². The Balaban J connectivity index is 2.24. The minimum absolute atomic E-state index is 0.320. The molecule has 4 heteroatoms. The summed E-state index contributed by atoms with van der Waals surface area (Å²) in [7, 11) is 0. The molecule has 1 atom stereocenters. The number of piperidine rings is 1. The van der Waals surface area contributed by atoms with E-state index in [1.807, 2.05) is 20.8 Å². The largest absolute Gasteiger partial charge is 0.444 e. The van der Waals surface area contributed by atoms with Gasteiger partial charge in [-0.2, -0.15) is 0 Å². The van der Waals surface area contributed by atoms with Crippen LogP contribution < -0.4 is 5.32 Å². The van der Waals surface area contributed by atoms with Crippen molar-refractivity contribution in [1.29, 1.82) is 0 Å². The normalized spacial score (nSPS) is 20.5. The summed E-state index contributed by atoms with van der Waals surface area (Å²) in [6.07, 6.45) is 2.20. The van der Waals surface area contributed by atoms with Gasteiger partial charge < -0.3 is 10.1 Å². The van der Waals surface area contributed by atoms with E-state index in [0.29, 0.717) is 12.6 Å². The highest BCUT2D eigenvalue weighted by Crippen LogP contribution is 2.17. The summed E-state index contributed by atoms with van der Waals surface area (Å²) in [6, 6.07) is 0.380. The van der Waals surface area contributed by atoms with Crippen LogP contribution in [0.15, 0.2) is 0 Å². The number of amides is 1. The maximum atomic E-state index is 11.5. The van der Waals surface area contributed by atoms with Gasteiger partial charge in [-0.15, -0.1) is 0 Å². The second kappa shape index (κ2) is 6.41. The van der Waals surface area contributed by atoms with E-state index in [9.17, 15) is 4.79 Å². The molecule has 1 amide bonds. The Labute approximate surface area is 111 Å². The summed E-state index contributed by atoms with van der Waals surface area (Å²) in [5.74, 6) is 0.840. The molecule has 1 heterocycles. The van der Waals surface area contributed by atoms with Crippen molar-refractivity contribution in [2.45, 2.75) is 59.1 Å². The van der Waals surface area contributed by atoms with Crippen LogP contribution in [0, 0.1) is 5.92 Å². The smallest absolute Gasteiger partial charge is 0.407 e. The first-order valence-corrected chi connectivity index (χ1v) is 6.99. The first kappa shape index (κ1) is 15.3. The lowest BCUT2D eigenvalue weighted by atomic mass is 9.98. The third-order valence-corrected chi connectivity index (χ3v) is 3.38. The van der Waals surface area contributed by atoms with E-state index in [1.54, 1.807) is 0 Å². The first-order chi connectivity index (χ1) is 8.28. The quantitative estimate of drug-likeness (QED) is 0.844. The summed E-state index contributed by atoms with van der Waals surface area (Å²) < 4.78 is 5.22. The Morgan fingerprint density at radius 2 is 1.94 bits per heavy atom. The van der Waals surface area contributed by atoms with Crippen LogP contribution >= 0.6 is 0 Å². The number of carbonyl (C=O) groups excluding carboxylic acids is 1. The fraction of sp³-hybridized carbons (Fsp3) is 0.929. The van der Waals surface area contributed by atoms with Gasteiger partial charge in [-0.3, -0.25) is 4.90 Å². The van der Waals surface area contributed by atoms with Gasteiger partial charge in [0.05, 0.1) is 0 Å². The Kier molecular flexibility index (Phi) is 5.45. The third kappa shape index (κ3) is 5.71. The van der Waals surface area contributed by atoms with Crippen molar-refractivity contribution in [3.05, 3.63) is 0 Å². The number of alkyl carbamates (subject to hydrolysis) is 1. The lowest BCUT2D eigenvalue weighted by Gasteiger charge is -2.35. The second-order valence-corrected chi connectivity index (χ2v) is 6.45. The van der Waals surface area contributed by atoms with Crippen molar-refractivity contribution in [2.24, 2.45) is 5.92 Å². The van der Waals surface area contributed by atoms with E-state index in [1.165, 1.54) is 12.8 Å². The van der Waals surface area contributed by atoms with Gasteiger partial charge in [0.1, 0.15) is 5.60 Å². The van der Waals surface area contributed by atoms with Gasteiger partial charge in [0, 0.05) is 12.6 Å². The Hall–Kier alpha value is -0.770. The SMILES string of the molecule is CC1CCN(C(C)CNC(=O)OC(C)(C)C)CC1. The predicted octanol–water partition coefficient (Wildman–Crippen LogP) is 2.63. The highest BCUT2D eigenvalue weighted by Gasteiger charge is 2.21. The molecular weight excluding hydrogens is 228 g/mol. The first-order valence-electron chi connectivity index (χ1n) is 6.99. The molecule has 1 N–H and O–H groups in total. The fourth-order valence-electron chi connectivity index (χ4n) is 2.14. The molecule has 0 aromatic heterocycles. The highest BCUT2D eigenvalue weighted by molar-refractivity contribution is 5.67. The van der Waals surface area contributed by atoms with Crippen LogP contribution in [-0.2, 0) is 4.74 Å². The van der Waals surface area contributed by atoms with Crippen molar-refractivity contribution < 1.29 is 9.53 Å². The number of carbonyl (C=O) groups is 1. The van der Waals surface area contributed by atoms with Crippen LogP contribution in [0.1, 0.15) is 47.5 Å². The highest BCUT2D eigenvalue weighted by atomic mass is 16.6. The number of ether oxygens (including phenoxy) is 1. The Morgan fingerprint density at radius 1 is 1.39 bits per heavy atom. The molecule has 0 aliphatic carbocycles. The third-order valence-electron chi connectivity index (χ3n) is 3.38. The van der Waals surface area contributed by atoms with Gasteiger partial charge in [0.2, 0.25) is 0 Å². The molecule has 0 bridgehead atoms. The molecule has 1 fully saturated rings. The zero-order chi connectivity index (χ0) is 13.8. The molecular formula is C14H28N2O2. The molecule has 0 aromatic rings. The van der Waals surface area contributed by atoms with Crippen LogP contribution in [0.4, 0.5) is 4.79 Å². The molecule has 0 radical (unpaired) electrons. The summed E-state index contributed by atoms with van der Waals surface area (Å²) in [6.45, 7) is 13.0. The maximum Gasteiger partial charge on any atom is 0.407 e. The molecule has 1 aliphatic rings. The fourth-order valence-corrected chi connectivity index (χ4v) is 2.14. The second-order valence-electron chi connectivity index (χ2n) is 6.45. The molecule has 106 valence electrons. The zero-order valence-corrected chi connectivity index (χ0v) is 12.5. The average Bonchev–Trinajstić information content (AvgIpc) is 2.24. The number of likely N-dealkylation sites (tertiary alicyclic amines) is 1. The number of nitrogens with zero attached hydrogens (tertiary/aromatic N) is 1. The topological polar surface area (TPSA) is 41.6 Å². The molecule has 1 aliphatic heterocycles. The van der Waals surface area contributed by atoms with Gasteiger partial charge in [0.15, 0.2) is 0 Å². The summed E-state index contributed by atoms with van der Waals surface area (Å²) in [5, 5.41) is 2.84. The number of hydrogen-bond donors (Lipinski definition) is 1. The van der Waals surface area contributed by atoms with Crippen LogP contribution in [-0.4, -0.2) is 42.3 Å². The van der Waals surface area contributed by atoms with Crippen molar-refractivity contribution in [1.82, 2.24) is 10.2 Å². The monoisotopic (exact) mass is 256 g/mol. The Morgan fingerprint density at radius 3 is 2.44 bits per heavy atom. The van der Waals surface area contributed by atoms with E-state index in [2.05, 4.69) is 24.1 Å². The molecule has 1 rings (SSSR count). The standard InChI is InChI=1S/C14H28N2O2/c1-11-6-8-16(9-7-11)12(2)10-15-13(17)18-14(3,4)5/h11-12H,6-10H2,1-5H3,(H,15,17). The van der Waals surface area contributed by atoms with Gasteiger partial charge in [-0.05, 0) is 59.5 Å². The van der Waals surface area contributed by atoms with Crippen molar-refractivity contribution in [2.75, 3.05) is 19.6 Å². The van der Waals surface area contributed by atoms with Crippen molar-refractivity contribution >= 4 is 6.09 Å². The molecule has 1 saturated heterocycles. The summed E-state index contributed by atoms with van der Waals surface area (Å²) in [4.78, 5) is 14.0. The number of rotatable bonds is 3. The predicted molar refractivity (Wildman–Crippen MR) is 73.7 cm³/mol. The summed E-state index contributed by atoms with van der Waals surface area (Å²) in [5.41, 5.74) is -0.423. The maximum absolute atomic E-state index is 11.5. The van der Waals surface area contributed by atoms with Gasteiger partial charge >= 0.3 is 6.09 Å². The molecule has 0 aromatic carbocycles. The van der Waals surface area contributed by atoms with Crippen LogP contribution in [0.2, 0.25) is 0 Å². The zero-order valence-electron chi connectivity index (χ0n) is 12.5.